The Bertz CT molecular complexity index is 1600. The Balaban J connectivity index is 1.44. The average Bonchev–Trinajstić information content (AvgIpc) is 3.50. The van der Waals surface area contributed by atoms with Gasteiger partial charge in [0.25, 0.3) is 5.91 Å². The number of para-hydroxylation sites is 1. The van der Waals surface area contributed by atoms with Gasteiger partial charge in [-0.15, -0.1) is 11.3 Å². The van der Waals surface area contributed by atoms with Crippen molar-refractivity contribution in [3.63, 3.8) is 0 Å². The molecular formula is C29H24Cl2FN3O2S. The van der Waals surface area contributed by atoms with Crippen molar-refractivity contribution in [1.29, 1.82) is 0 Å². The van der Waals surface area contributed by atoms with E-state index in [1.54, 1.807) is 35.0 Å². The van der Waals surface area contributed by atoms with Crippen molar-refractivity contribution < 1.29 is 13.9 Å². The predicted molar refractivity (Wildman–Crippen MR) is 152 cm³/mol. The highest BCUT2D eigenvalue weighted by Crippen LogP contribution is 2.37. The third-order valence-corrected chi connectivity index (χ3v) is 7.90. The van der Waals surface area contributed by atoms with Crippen LogP contribution in [0.25, 0.3) is 27.0 Å². The fourth-order valence-electron chi connectivity index (χ4n) is 4.03. The van der Waals surface area contributed by atoms with E-state index in [9.17, 15) is 9.18 Å². The first-order valence-electron chi connectivity index (χ1n) is 12.2. The van der Waals surface area contributed by atoms with Gasteiger partial charge in [0, 0.05) is 39.0 Å². The summed E-state index contributed by atoms with van der Waals surface area (Å²) in [6.45, 7) is 2.68. The van der Waals surface area contributed by atoms with Crippen molar-refractivity contribution >= 4 is 50.5 Å². The maximum absolute atomic E-state index is 14.9. The second kappa shape index (κ2) is 11.6. The summed E-state index contributed by atoms with van der Waals surface area (Å²) in [5, 5.41) is 9.42. The number of halogens is 3. The number of ether oxygens (including phenoxy) is 1. The molecule has 0 saturated heterocycles. The molecular weight excluding hydrogens is 544 g/mol. The molecule has 5 rings (SSSR count). The van der Waals surface area contributed by atoms with Crippen LogP contribution in [-0.2, 0) is 6.54 Å². The number of fused-ring (bicyclic) bond motifs is 1. The van der Waals surface area contributed by atoms with E-state index in [1.807, 2.05) is 36.5 Å². The molecule has 0 unspecified atom stereocenters. The molecule has 5 aromatic rings. The van der Waals surface area contributed by atoms with Crippen molar-refractivity contribution in [2.24, 2.45) is 0 Å². The van der Waals surface area contributed by atoms with Crippen molar-refractivity contribution in [2.45, 2.75) is 26.3 Å². The molecule has 0 radical (unpaired) electrons. The molecule has 0 aliphatic rings. The van der Waals surface area contributed by atoms with E-state index < -0.39 is 5.82 Å². The van der Waals surface area contributed by atoms with Gasteiger partial charge in [0.05, 0.1) is 23.0 Å². The van der Waals surface area contributed by atoms with Crippen LogP contribution in [0.15, 0.2) is 72.9 Å². The van der Waals surface area contributed by atoms with Crippen LogP contribution in [0.1, 0.15) is 35.0 Å². The predicted octanol–water partition coefficient (Wildman–Crippen LogP) is 8.31. The Labute approximate surface area is 233 Å². The third kappa shape index (κ3) is 5.55. The molecule has 0 saturated carbocycles. The molecule has 1 N–H and O–H groups in total. The van der Waals surface area contributed by atoms with Gasteiger partial charge < -0.3 is 10.1 Å². The molecule has 2 aromatic heterocycles. The number of nitrogens with one attached hydrogen (secondary N) is 1. The minimum Gasteiger partial charge on any atom is -0.491 e. The lowest BCUT2D eigenvalue weighted by Crippen LogP contribution is -2.22. The number of aromatic nitrogens is 2. The molecule has 3 aromatic carbocycles. The van der Waals surface area contributed by atoms with Crippen LogP contribution in [0.2, 0.25) is 10.0 Å². The van der Waals surface area contributed by atoms with Crippen molar-refractivity contribution in [3.05, 3.63) is 99.2 Å². The first-order valence-corrected chi connectivity index (χ1v) is 13.7. The average molecular weight is 569 g/mol. The quantitative estimate of drug-likeness (QED) is 0.182. The van der Waals surface area contributed by atoms with Crippen LogP contribution in [0, 0.1) is 5.82 Å². The lowest BCUT2D eigenvalue weighted by Gasteiger charge is -2.09. The summed E-state index contributed by atoms with van der Waals surface area (Å²) < 4.78 is 23.0. The van der Waals surface area contributed by atoms with E-state index in [-0.39, 0.29) is 18.2 Å². The Hall–Kier alpha value is -3.39. The van der Waals surface area contributed by atoms with Crippen molar-refractivity contribution in [2.75, 3.05) is 6.61 Å². The highest BCUT2D eigenvalue weighted by molar-refractivity contribution is 7.21. The van der Waals surface area contributed by atoms with E-state index in [4.69, 9.17) is 33.0 Å². The largest absolute Gasteiger partial charge is 0.491 e. The first kappa shape index (κ1) is 26.2. The summed E-state index contributed by atoms with van der Waals surface area (Å²) in [6, 6.07) is 19.7. The Morgan fingerprint density at radius 1 is 1.11 bits per heavy atom. The van der Waals surface area contributed by atoms with Gasteiger partial charge in [0.1, 0.15) is 4.88 Å². The zero-order chi connectivity index (χ0) is 26.6. The molecule has 0 spiro atoms. The molecule has 5 nitrogen and oxygen atoms in total. The molecule has 0 fully saturated rings. The van der Waals surface area contributed by atoms with Crippen LogP contribution in [0.3, 0.4) is 0 Å². The minimum absolute atomic E-state index is 0.169. The van der Waals surface area contributed by atoms with E-state index in [0.29, 0.717) is 32.8 Å². The second-order valence-corrected chi connectivity index (χ2v) is 10.6. The normalized spacial score (nSPS) is 11.2. The highest BCUT2D eigenvalue weighted by Gasteiger charge is 2.20. The molecule has 0 aliphatic carbocycles. The van der Waals surface area contributed by atoms with Gasteiger partial charge in [-0.25, -0.2) is 9.07 Å². The smallest absolute Gasteiger partial charge is 0.263 e. The second-order valence-electron chi connectivity index (χ2n) is 8.70. The maximum atomic E-state index is 14.9. The molecule has 1 amide bonds. The van der Waals surface area contributed by atoms with Crippen LogP contribution in [0.4, 0.5) is 4.39 Å². The van der Waals surface area contributed by atoms with Crippen LogP contribution >= 0.6 is 34.5 Å². The molecule has 9 heteroatoms. The van der Waals surface area contributed by atoms with Crippen LogP contribution < -0.4 is 10.1 Å². The molecule has 0 bridgehead atoms. The lowest BCUT2D eigenvalue weighted by molar-refractivity contribution is 0.0955. The zero-order valence-corrected chi connectivity index (χ0v) is 22.8. The standard InChI is InChI=1S/C29H24Cl2FN3O2S/c1-2-3-13-37-24-12-9-18(14-23(24)32)27-19(17-35(34-27)21-7-5-4-6-8-21)16-33-29(36)28-26(31)22-11-10-20(30)15-25(22)38-28/h4-12,14-15,17H,2-3,13,16H2,1H3,(H,33,36). The van der Waals surface area contributed by atoms with Gasteiger partial charge in [0.2, 0.25) is 0 Å². The fourth-order valence-corrected chi connectivity index (χ4v) is 5.74. The molecule has 0 atom stereocenters. The molecule has 2 heterocycles. The number of nitrogens with zero attached hydrogens (tertiary/aromatic N) is 2. The highest BCUT2D eigenvalue weighted by atomic mass is 35.5. The van der Waals surface area contributed by atoms with Gasteiger partial charge >= 0.3 is 0 Å². The zero-order valence-electron chi connectivity index (χ0n) is 20.5. The van der Waals surface area contributed by atoms with Crippen molar-refractivity contribution in [3.8, 4) is 22.7 Å². The van der Waals surface area contributed by atoms with Crippen molar-refractivity contribution in [1.82, 2.24) is 15.1 Å². The SMILES string of the molecule is CCCCOc1ccc(-c2nn(-c3ccccc3)cc2CNC(=O)c2sc3cc(Cl)ccc3c2Cl)cc1F. The Kier molecular flexibility index (Phi) is 7.98. The third-order valence-electron chi connectivity index (χ3n) is 6.01. The number of rotatable bonds is 9. The Morgan fingerprint density at radius 3 is 2.68 bits per heavy atom. The topological polar surface area (TPSA) is 56.1 Å². The monoisotopic (exact) mass is 567 g/mol. The number of carbonyl (C=O) groups excluding carboxylic acids is 1. The molecule has 194 valence electrons. The first-order chi connectivity index (χ1) is 18.4. The van der Waals surface area contributed by atoms with E-state index in [1.165, 1.54) is 17.4 Å². The number of amides is 1. The number of carbonyl (C=O) groups is 1. The van der Waals surface area contributed by atoms with Gasteiger partial charge in [-0.1, -0.05) is 60.8 Å². The van der Waals surface area contributed by atoms with Gasteiger partial charge in [-0.2, -0.15) is 5.10 Å². The molecule has 38 heavy (non-hydrogen) atoms. The lowest BCUT2D eigenvalue weighted by atomic mass is 10.1. The Morgan fingerprint density at radius 2 is 1.92 bits per heavy atom. The summed E-state index contributed by atoms with van der Waals surface area (Å²) in [5.74, 6) is -0.561. The number of hydrogen-bond donors (Lipinski definition) is 1. The number of benzene rings is 3. The van der Waals surface area contributed by atoms with E-state index in [0.717, 1.165) is 34.2 Å². The maximum Gasteiger partial charge on any atom is 0.263 e. The summed E-state index contributed by atoms with van der Waals surface area (Å²) in [7, 11) is 0. The summed E-state index contributed by atoms with van der Waals surface area (Å²) in [6.07, 6.45) is 3.65. The summed E-state index contributed by atoms with van der Waals surface area (Å²) in [5.41, 5.74) is 2.71. The van der Waals surface area contributed by atoms with E-state index in [2.05, 4.69) is 12.2 Å². The number of unbranched alkanes of at least 4 members (excludes halogenated alkanes) is 1. The molecule has 0 aliphatic heterocycles. The van der Waals surface area contributed by atoms with Crippen LogP contribution in [-0.4, -0.2) is 22.3 Å². The van der Waals surface area contributed by atoms with E-state index >= 15 is 0 Å². The summed E-state index contributed by atoms with van der Waals surface area (Å²) in [4.78, 5) is 13.5. The van der Waals surface area contributed by atoms with Gasteiger partial charge in [0.15, 0.2) is 11.6 Å². The number of thiophene rings is 1. The summed E-state index contributed by atoms with van der Waals surface area (Å²) >= 11 is 13.9. The fraction of sp³-hybridized carbons (Fsp3) is 0.172. The number of hydrogen-bond acceptors (Lipinski definition) is 4. The van der Waals surface area contributed by atoms with Crippen LogP contribution in [0.5, 0.6) is 5.75 Å². The van der Waals surface area contributed by atoms with Gasteiger partial charge in [-0.3, -0.25) is 4.79 Å². The van der Waals surface area contributed by atoms with Gasteiger partial charge in [-0.05, 0) is 48.9 Å². The minimum atomic E-state index is -0.460.